The van der Waals surface area contributed by atoms with Crippen molar-refractivity contribution in [1.82, 2.24) is 9.79 Å². The minimum Gasteiger partial charge on any atom is -0.363 e. The molecular weight excluding hydrogens is 430 g/mol. The molecule has 3 rings (SSSR count). The van der Waals surface area contributed by atoms with Crippen molar-refractivity contribution in [2.45, 2.75) is 4.90 Å². The second-order valence-electron chi connectivity index (χ2n) is 6.79. The number of carbonyl (C=O) groups is 1. The van der Waals surface area contributed by atoms with Gasteiger partial charge >= 0.3 is 0 Å². The summed E-state index contributed by atoms with van der Waals surface area (Å²) in [6.45, 7) is 0.533. The average Bonchev–Trinajstić information content (AvgIpc) is 2.78. The standard InChI is InChI=1S/C18H19N5O7S/c1-20(26)14-3-2-4-15(12-14)31(29,30)22-9-7-21(8-10-22)16-6-5-13(18(24)19-25)11-17(16)23(27)28/h2-6,11-12H,7-10H2,1H3,(H-,19,24,25)/p+1. The third kappa shape index (κ3) is 4.52. The maximum Gasteiger partial charge on any atom is 0.293 e. The Bertz CT molecular complexity index is 1140. The summed E-state index contributed by atoms with van der Waals surface area (Å²) in [5.74, 6) is -0.878. The molecule has 2 aromatic rings. The Labute approximate surface area is 177 Å². The fourth-order valence-electron chi connectivity index (χ4n) is 3.30. The number of rotatable bonds is 6. The van der Waals surface area contributed by atoms with Crippen LogP contribution >= 0.6 is 0 Å². The van der Waals surface area contributed by atoms with Gasteiger partial charge in [0, 0.05) is 59.6 Å². The van der Waals surface area contributed by atoms with Gasteiger partial charge in [0.25, 0.3) is 17.3 Å². The second-order valence-corrected chi connectivity index (χ2v) is 8.73. The van der Waals surface area contributed by atoms with E-state index in [1.54, 1.807) is 4.90 Å². The first-order valence-corrected chi connectivity index (χ1v) is 10.6. The number of benzene rings is 2. The summed E-state index contributed by atoms with van der Waals surface area (Å²) in [7, 11) is -2.57. The van der Waals surface area contributed by atoms with Gasteiger partial charge < -0.3 is 4.90 Å². The molecule has 0 aromatic heterocycles. The first-order valence-electron chi connectivity index (χ1n) is 9.14. The molecule has 31 heavy (non-hydrogen) atoms. The van der Waals surface area contributed by atoms with Crippen LogP contribution in [0, 0.1) is 15.0 Å². The summed E-state index contributed by atoms with van der Waals surface area (Å²) >= 11 is 0. The quantitative estimate of drug-likeness (QED) is 0.289. The van der Waals surface area contributed by atoms with Crippen LogP contribution in [0.25, 0.3) is 0 Å². The molecule has 13 heteroatoms. The topological polar surface area (TPSA) is 153 Å². The van der Waals surface area contributed by atoms with Crippen LogP contribution in [0.1, 0.15) is 10.4 Å². The van der Waals surface area contributed by atoms with Gasteiger partial charge in [0.1, 0.15) is 5.69 Å². The van der Waals surface area contributed by atoms with Crippen LogP contribution in [-0.2, 0) is 10.0 Å². The van der Waals surface area contributed by atoms with Crippen molar-refractivity contribution in [1.29, 1.82) is 0 Å². The molecule has 164 valence electrons. The molecule has 2 N–H and O–H groups in total. The number of nitrogens with zero attached hydrogens (tertiary/aromatic N) is 4. The smallest absolute Gasteiger partial charge is 0.293 e. The maximum absolute atomic E-state index is 12.9. The Balaban J connectivity index is 1.81. The number of piperazine rings is 1. The van der Waals surface area contributed by atoms with Gasteiger partial charge in [0.15, 0.2) is 7.05 Å². The summed E-state index contributed by atoms with van der Waals surface area (Å²) in [6.07, 6.45) is 0. The molecule has 12 nitrogen and oxygen atoms in total. The Kier molecular flexibility index (Phi) is 6.29. The Morgan fingerprint density at radius 1 is 1.10 bits per heavy atom. The molecule has 1 saturated heterocycles. The van der Waals surface area contributed by atoms with Crippen LogP contribution in [0.5, 0.6) is 0 Å². The number of nitro groups is 1. The molecule has 0 bridgehead atoms. The van der Waals surface area contributed by atoms with Crippen LogP contribution in [0.3, 0.4) is 0 Å². The fraction of sp³-hybridized carbons (Fsp3) is 0.278. The molecule has 1 aliphatic heterocycles. The van der Waals surface area contributed by atoms with E-state index in [0.717, 1.165) is 6.07 Å². The zero-order valence-electron chi connectivity index (χ0n) is 16.5. The first kappa shape index (κ1) is 22.3. The van der Waals surface area contributed by atoms with E-state index in [2.05, 4.69) is 0 Å². The van der Waals surface area contributed by atoms with Gasteiger partial charge in [-0.1, -0.05) is 6.07 Å². The molecular formula is C18H20N5O7S+. The van der Waals surface area contributed by atoms with Crippen LogP contribution in [0.2, 0.25) is 0 Å². The van der Waals surface area contributed by atoms with Gasteiger partial charge in [-0.2, -0.15) is 4.31 Å². The van der Waals surface area contributed by atoms with E-state index in [1.165, 1.54) is 53.2 Å². The van der Waals surface area contributed by atoms with Gasteiger partial charge in [-0.15, -0.1) is 0 Å². The highest BCUT2D eigenvalue weighted by atomic mass is 32.2. The number of nitro benzene ring substituents is 1. The van der Waals surface area contributed by atoms with Crippen LogP contribution < -0.4 is 10.4 Å². The van der Waals surface area contributed by atoms with Gasteiger partial charge in [0.2, 0.25) is 10.0 Å². The van der Waals surface area contributed by atoms with E-state index in [4.69, 9.17) is 5.21 Å². The minimum atomic E-state index is -3.84. The highest BCUT2D eigenvalue weighted by Crippen LogP contribution is 2.31. The summed E-state index contributed by atoms with van der Waals surface area (Å²) in [5.41, 5.74) is 1.47. The molecule has 0 saturated carbocycles. The van der Waals surface area contributed by atoms with Crippen LogP contribution in [0.15, 0.2) is 47.4 Å². The van der Waals surface area contributed by atoms with E-state index < -0.39 is 20.9 Å². The Hall–Kier alpha value is -3.42. The zero-order chi connectivity index (χ0) is 22.8. The Morgan fingerprint density at radius 3 is 2.35 bits per heavy atom. The molecule has 1 heterocycles. The normalized spacial score (nSPS) is 14.8. The number of nitroso groups, excluding NO2 is 1. The molecule has 0 radical (unpaired) electrons. The molecule has 0 spiro atoms. The van der Waals surface area contributed by atoms with Crippen molar-refractivity contribution in [2.75, 3.05) is 38.1 Å². The van der Waals surface area contributed by atoms with Crippen molar-refractivity contribution >= 4 is 33.0 Å². The van der Waals surface area contributed by atoms with Gasteiger partial charge in [-0.05, 0) is 18.2 Å². The lowest BCUT2D eigenvalue weighted by Gasteiger charge is -2.35. The highest BCUT2D eigenvalue weighted by Gasteiger charge is 2.31. The molecule has 0 unspecified atom stereocenters. The molecule has 2 aromatic carbocycles. The third-order valence-electron chi connectivity index (χ3n) is 4.93. The maximum atomic E-state index is 12.9. The SMILES string of the molecule is C[N+](=O)c1cccc(S(=O)(=O)N2CCN(c3ccc(C(=O)NO)cc3[N+](=O)[O-])CC2)c1. The van der Waals surface area contributed by atoms with Crippen molar-refractivity contribution in [3.8, 4) is 0 Å². The lowest BCUT2D eigenvalue weighted by Crippen LogP contribution is -2.48. The number of anilines is 1. The first-order chi connectivity index (χ1) is 14.6. The summed E-state index contributed by atoms with van der Waals surface area (Å²) in [5, 5.41) is 20.2. The predicted octanol–water partition coefficient (Wildman–Crippen LogP) is 1.26. The predicted molar refractivity (Wildman–Crippen MR) is 109 cm³/mol. The van der Waals surface area contributed by atoms with Crippen molar-refractivity contribution in [2.24, 2.45) is 0 Å². The summed E-state index contributed by atoms with van der Waals surface area (Å²) in [6, 6.07) is 9.47. The van der Waals surface area contributed by atoms with E-state index in [-0.39, 0.29) is 53.7 Å². The number of carbonyl (C=O) groups excluding carboxylic acids is 1. The molecule has 0 atom stereocenters. The monoisotopic (exact) mass is 450 g/mol. The van der Waals surface area contributed by atoms with E-state index in [9.17, 15) is 28.2 Å². The van der Waals surface area contributed by atoms with Crippen LogP contribution in [-0.4, -0.2) is 66.7 Å². The van der Waals surface area contributed by atoms with Gasteiger partial charge in [0.05, 0.1) is 9.82 Å². The number of nitrogens with one attached hydrogen (secondary N) is 1. The van der Waals surface area contributed by atoms with Gasteiger partial charge in [-0.25, -0.2) is 13.9 Å². The summed E-state index contributed by atoms with van der Waals surface area (Å²) in [4.78, 5) is 35.5. The lowest BCUT2D eigenvalue weighted by molar-refractivity contribution is -0.428. The largest absolute Gasteiger partial charge is 0.363 e. The molecule has 1 aliphatic rings. The van der Waals surface area contributed by atoms with Crippen molar-refractivity contribution < 1.29 is 28.1 Å². The number of hydrogen-bond acceptors (Lipinski definition) is 8. The number of amides is 1. The van der Waals surface area contributed by atoms with Gasteiger partial charge in [-0.3, -0.25) is 20.1 Å². The Morgan fingerprint density at radius 2 is 1.77 bits per heavy atom. The number of hydrogen-bond donors (Lipinski definition) is 2. The number of hydroxylamine groups is 1. The fourth-order valence-corrected chi connectivity index (χ4v) is 4.76. The molecule has 1 amide bonds. The highest BCUT2D eigenvalue weighted by molar-refractivity contribution is 7.89. The zero-order valence-corrected chi connectivity index (χ0v) is 17.3. The summed E-state index contributed by atoms with van der Waals surface area (Å²) < 4.78 is 27.7. The lowest BCUT2D eigenvalue weighted by atomic mass is 10.1. The van der Waals surface area contributed by atoms with E-state index >= 15 is 0 Å². The minimum absolute atomic E-state index is 0.00787. The van der Waals surface area contributed by atoms with Crippen molar-refractivity contribution in [3.63, 3.8) is 0 Å². The van der Waals surface area contributed by atoms with E-state index in [0.29, 0.717) is 4.76 Å². The second kappa shape index (κ2) is 8.75. The van der Waals surface area contributed by atoms with E-state index in [1.807, 2.05) is 0 Å². The van der Waals surface area contributed by atoms with Crippen molar-refractivity contribution in [3.05, 3.63) is 63.0 Å². The van der Waals surface area contributed by atoms with Crippen LogP contribution in [0.4, 0.5) is 17.1 Å². The third-order valence-corrected chi connectivity index (χ3v) is 6.83. The molecule has 0 aliphatic carbocycles. The number of sulfonamides is 1. The molecule has 1 fully saturated rings. The average molecular weight is 450 g/mol.